The summed E-state index contributed by atoms with van der Waals surface area (Å²) in [6, 6.07) is 20.4. The van der Waals surface area contributed by atoms with Gasteiger partial charge in [0.1, 0.15) is 5.82 Å². The third-order valence-electron chi connectivity index (χ3n) is 7.61. The molecule has 5 aromatic rings. The van der Waals surface area contributed by atoms with Crippen LogP contribution in [0.25, 0.3) is 22.2 Å². The number of aliphatic imine (C=N–C) groups is 1. The van der Waals surface area contributed by atoms with E-state index in [1.807, 2.05) is 43.3 Å². The highest BCUT2D eigenvalue weighted by molar-refractivity contribution is 6.06. The fraction of sp³-hybridized carbons (Fsp3) is 0.188. The van der Waals surface area contributed by atoms with Gasteiger partial charge in [-0.05, 0) is 71.5 Å². The van der Waals surface area contributed by atoms with Crippen molar-refractivity contribution in [2.75, 3.05) is 0 Å². The average molecular weight is 564 g/mol. The summed E-state index contributed by atoms with van der Waals surface area (Å²) in [5.41, 5.74) is 0.999. The first-order valence-electron chi connectivity index (χ1n) is 12.9. The van der Waals surface area contributed by atoms with E-state index in [0.29, 0.717) is 28.9 Å². The minimum atomic E-state index is -5.63. The topological polar surface area (TPSA) is 41.0 Å². The molecule has 0 saturated carbocycles. The highest BCUT2D eigenvalue weighted by Gasteiger charge is 2.72. The van der Waals surface area contributed by atoms with E-state index in [1.165, 1.54) is 24.3 Å². The van der Waals surface area contributed by atoms with Crippen LogP contribution in [0.4, 0.5) is 32.0 Å². The maximum atomic E-state index is 14.4. The van der Waals surface area contributed by atoms with Crippen LogP contribution < -0.4 is 0 Å². The highest BCUT2D eigenvalue weighted by atomic mass is 19.4. The van der Waals surface area contributed by atoms with Crippen LogP contribution in [0.2, 0.25) is 0 Å². The molecule has 208 valence electrons. The molecule has 3 nitrogen and oxygen atoms in total. The Kier molecular flexibility index (Phi) is 6.10. The molecular weight excluding hydrogens is 540 g/mol. The zero-order valence-electron chi connectivity index (χ0n) is 22.0. The smallest absolute Gasteiger partial charge is 0.342 e. The third kappa shape index (κ3) is 4.40. The fourth-order valence-electron chi connectivity index (χ4n) is 5.56. The molecule has 1 aliphatic heterocycles. The van der Waals surface area contributed by atoms with Gasteiger partial charge < -0.3 is 4.98 Å². The van der Waals surface area contributed by atoms with Crippen LogP contribution in [0, 0.1) is 13.8 Å². The predicted molar refractivity (Wildman–Crippen MR) is 147 cm³/mol. The molecule has 0 saturated heterocycles. The van der Waals surface area contributed by atoms with E-state index in [1.54, 1.807) is 6.92 Å². The standard InChI is InChI=1S/C32H23F6N3/c1-18-3-9-24(10-4-18)30(31(33,34)35,32(36,37)38)25-11-5-20(6-12-25)28-17-23-15-21(7-13-26(23)41-28)22-8-14-27-29(16-22)40-19(2)39-27/h3-16H,17H2,1-2H3,(H,39,40). The fourth-order valence-corrected chi connectivity index (χ4v) is 5.56. The van der Waals surface area contributed by atoms with Crippen molar-refractivity contribution in [3.05, 3.63) is 119 Å². The molecule has 1 aromatic heterocycles. The van der Waals surface area contributed by atoms with Gasteiger partial charge in [0.2, 0.25) is 5.41 Å². The summed E-state index contributed by atoms with van der Waals surface area (Å²) in [6.07, 6.45) is -10.9. The van der Waals surface area contributed by atoms with Crippen LogP contribution in [-0.4, -0.2) is 28.0 Å². The Morgan fingerprint density at radius 3 is 1.85 bits per heavy atom. The largest absolute Gasteiger partial charge is 0.411 e. The second-order valence-electron chi connectivity index (χ2n) is 10.3. The van der Waals surface area contributed by atoms with Crippen molar-refractivity contribution in [3.8, 4) is 11.1 Å². The molecule has 0 bridgehead atoms. The van der Waals surface area contributed by atoms with Crippen molar-refractivity contribution in [1.82, 2.24) is 9.97 Å². The van der Waals surface area contributed by atoms with Gasteiger partial charge in [-0.2, -0.15) is 26.3 Å². The van der Waals surface area contributed by atoms with Crippen molar-refractivity contribution in [2.24, 2.45) is 4.99 Å². The first kappa shape index (κ1) is 26.8. The third-order valence-corrected chi connectivity index (χ3v) is 7.61. The van der Waals surface area contributed by atoms with Gasteiger partial charge in [-0.15, -0.1) is 0 Å². The number of alkyl halides is 6. The minimum Gasteiger partial charge on any atom is -0.342 e. The maximum Gasteiger partial charge on any atom is 0.411 e. The number of halogens is 6. The molecule has 0 amide bonds. The van der Waals surface area contributed by atoms with E-state index in [4.69, 9.17) is 0 Å². The maximum absolute atomic E-state index is 14.4. The van der Waals surface area contributed by atoms with E-state index < -0.39 is 28.9 Å². The summed E-state index contributed by atoms with van der Waals surface area (Å²) in [6.45, 7) is 3.48. The minimum absolute atomic E-state index is 0.398. The van der Waals surface area contributed by atoms with Crippen LogP contribution in [0.15, 0.2) is 89.9 Å². The van der Waals surface area contributed by atoms with Crippen molar-refractivity contribution >= 4 is 22.4 Å². The van der Waals surface area contributed by atoms with Crippen LogP contribution in [0.3, 0.4) is 0 Å². The molecule has 0 spiro atoms. The quantitative estimate of drug-likeness (QED) is 0.218. The van der Waals surface area contributed by atoms with Crippen LogP contribution in [-0.2, 0) is 11.8 Å². The van der Waals surface area contributed by atoms with E-state index in [2.05, 4.69) is 15.0 Å². The average Bonchev–Trinajstić information content (AvgIpc) is 3.50. The first-order valence-corrected chi connectivity index (χ1v) is 12.9. The number of imidazole rings is 1. The van der Waals surface area contributed by atoms with Crippen molar-refractivity contribution in [2.45, 2.75) is 38.0 Å². The lowest BCUT2D eigenvalue weighted by Gasteiger charge is -2.38. The number of fused-ring (bicyclic) bond motifs is 2. The van der Waals surface area contributed by atoms with Crippen LogP contribution in [0.1, 0.15) is 33.6 Å². The van der Waals surface area contributed by atoms with Crippen molar-refractivity contribution < 1.29 is 26.3 Å². The number of hydrogen-bond donors (Lipinski definition) is 1. The number of aromatic amines is 1. The number of aromatic nitrogens is 2. The molecule has 41 heavy (non-hydrogen) atoms. The predicted octanol–water partition coefficient (Wildman–Crippen LogP) is 8.93. The molecule has 0 fully saturated rings. The molecule has 6 rings (SSSR count). The number of H-pyrrole nitrogens is 1. The second kappa shape index (κ2) is 9.33. The summed E-state index contributed by atoms with van der Waals surface area (Å²) < 4.78 is 86.6. The number of nitrogens with one attached hydrogen (secondary N) is 1. The SMILES string of the molecule is Cc1ccc(C(c2ccc(C3=Nc4ccc(-c5ccc6nc(C)[nH]c6c5)cc4C3)cc2)(C(F)(F)F)C(F)(F)F)cc1. The van der Waals surface area contributed by atoms with E-state index in [-0.39, 0.29) is 0 Å². The Hall–Kier alpha value is -4.40. The Bertz CT molecular complexity index is 1780. The van der Waals surface area contributed by atoms with Gasteiger partial charge in [-0.1, -0.05) is 66.2 Å². The molecule has 0 aliphatic carbocycles. The van der Waals surface area contributed by atoms with Crippen molar-refractivity contribution in [3.63, 3.8) is 0 Å². The number of aryl methyl sites for hydroxylation is 2. The van der Waals surface area contributed by atoms with Gasteiger partial charge in [0.15, 0.2) is 0 Å². The van der Waals surface area contributed by atoms with Gasteiger partial charge in [0.05, 0.1) is 22.4 Å². The Labute approximate surface area is 231 Å². The van der Waals surface area contributed by atoms with E-state index >= 15 is 0 Å². The van der Waals surface area contributed by atoms with Gasteiger partial charge >= 0.3 is 12.4 Å². The van der Waals surface area contributed by atoms with Gasteiger partial charge in [0.25, 0.3) is 0 Å². The van der Waals surface area contributed by atoms with E-state index in [9.17, 15) is 26.3 Å². The molecular formula is C32H23F6N3. The molecule has 1 aliphatic rings. The lowest BCUT2D eigenvalue weighted by atomic mass is 9.72. The Morgan fingerprint density at radius 1 is 0.659 bits per heavy atom. The molecule has 9 heteroatoms. The summed E-state index contributed by atoms with van der Waals surface area (Å²) in [7, 11) is 0. The molecule has 0 unspecified atom stereocenters. The summed E-state index contributed by atoms with van der Waals surface area (Å²) >= 11 is 0. The molecule has 1 N–H and O–H groups in total. The number of rotatable bonds is 4. The molecule has 0 radical (unpaired) electrons. The van der Waals surface area contributed by atoms with Crippen LogP contribution >= 0.6 is 0 Å². The molecule has 2 heterocycles. The van der Waals surface area contributed by atoms with Crippen molar-refractivity contribution in [1.29, 1.82) is 0 Å². The lowest BCUT2D eigenvalue weighted by molar-refractivity contribution is -0.288. The van der Waals surface area contributed by atoms with Gasteiger partial charge in [-0.25, -0.2) is 4.98 Å². The summed E-state index contributed by atoms with van der Waals surface area (Å²) in [5, 5.41) is 0. The molecule has 4 aromatic carbocycles. The Balaban J connectivity index is 1.33. The summed E-state index contributed by atoms with van der Waals surface area (Å²) in [4.78, 5) is 12.3. The summed E-state index contributed by atoms with van der Waals surface area (Å²) in [5.74, 6) is 0.816. The normalized spacial score (nSPS) is 13.9. The number of benzene rings is 4. The monoisotopic (exact) mass is 563 g/mol. The first-order chi connectivity index (χ1) is 19.4. The lowest BCUT2D eigenvalue weighted by Crippen LogP contribution is -2.54. The number of hydrogen-bond acceptors (Lipinski definition) is 2. The van der Waals surface area contributed by atoms with Crippen LogP contribution in [0.5, 0.6) is 0 Å². The highest BCUT2D eigenvalue weighted by Crippen LogP contribution is 2.56. The zero-order chi connectivity index (χ0) is 29.2. The van der Waals surface area contributed by atoms with E-state index in [0.717, 1.165) is 57.8 Å². The zero-order valence-corrected chi connectivity index (χ0v) is 22.0. The van der Waals surface area contributed by atoms with Gasteiger partial charge in [-0.3, -0.25) is 4.99 Å². The number of nitrogens with zero attached hydrogens (tertiary/aromatic N) is 2. The Morgan fingerprint density at radius 2 is 1.22 bits per heavy atom. The second-order valence-corrected chi connectivity index (χ2v) is 10.3. The van der Waals surface area contributed by atoms with Gasteiger partial charge in [0, 0.05) is 6.42 Å². The molecule has 0 atom stereocenters.